The summed E-state index contributed by atoms with van der Waals surface area (Å²) in [7, 11) is 1.73. The Bertz CT molecular complexity index is 1230. The van der Waals surface area contributed by atoms with E-state index in [1.54, 1.807) is 42.1 Å². The summed E-state index contributed by atoms with van der Waals surface area (Å²) in [5.74, 6) is 0. The minimum absolute atomic E-state index is 0.112. The van der Waals surface area contributed by atoms with Gasteiger partial charge in [-0.1, -0.05) is 47.5 Å². The van der Waals surface area contributed by atoms with Crippen LogP contribution in [-0.2, 0) is 7.05 Å². The quantitative estimate of drug-likeness (QED) is 0.520. The zero-order valence-corrected chi connectivity index (χ0v) is 16.6. The molecule has 2 N–H and O–H groups in total. The molecule has 0 aliphatic heterocycles. The van der Waals surface area contributed by atoms with E-state index in [2.05, 4.69) is 4.98 Å². The summed E-state index contributed by atoms with van der Waals surface area (Å²) >= 11 is 12.1. The lowest BCUT2D eigenvalue weighted by molar-refractivity contribution is 0.827. The first-order valence-corrected chi connectivity index (χ1v) is 9.46. The maximum Gasteiger partial charge on any atom is 0.251 e. The third kappa shape index (κ3) is 3.42. The van der Waals surface area contributed by atoms with E-state index in [-0.39, 0.29) is 5.56 Å². The summed E-state index contributed by atoms with van der Waals surface area (Å²) in [6, 6.07) is 18.0. The largest absolute Gasteiger partial charge is 0.319 e. The first-order valence-electron chi connectivity index (χ1n) is 8.71. The number of hydrogen-bond acceptors (Lipinski definition) is 3. The predicted molar refractivity (Wildman–Crippen MR) is 115 cm³/mol. The Kier molecular flexibility index (Phi) is 4.94. The normalized spacial score (nSPS) is 12.3. The van der Waals surface area contributed by atoms with Gasteiger partial charge in [0.05, 0.1) is 23.4 Å². The van der Waals surface area contributed by atoms with Gasteiger partial charge in [0.1, 0.15) is 0 Å². The van der Waals surface area contributed by atoms with Gasteiger partial charge in [-0.3, -0.25) is 9.78 Å². The van der Waals surface area contributed by atoms with E-state index in [0.29, 0.717) is 15.7 Å². The van der Waals surface area contributed by atoms with Crippen molar-refractivity contribution in [3.8, 4) is 11.1 Å². The molecule has 2 aromatic carbocycles. The van der Waals surface area contributed by atoms with Crippen molar-refractivity contribution in [1.82, 2.24) is 9.55 Å². The standard InChI is InChI=1S/C22H17Cl2N3O/c1-27-20-12-26-19(22(25)13-5-7-15(23)8-6-13)10-18(20)17(11-21(27)28)14-3-2-4-16(24)9-14/h2-12,22H,25H2,1H3. The number of fused-ring (bicyclic) bond motifs is 1. The lowest BCUT2D eigenvalue weighted by atomic mass is 9.98. The van der Waals surface area contributed by atoms with E-state index in [1.165, 1.54) is 0 Å². The fourth-order valence-corrected chi connectivity index (χ4v) is 3.59. The van der Waals surface area contributed by atoms with Gasteiger partial charge >= 0.3 is 0 Å². The highest BCUT2D eigenvalue weighted by Gasteiger charge is 2.15. The predicted octanol–water partition coefficient (Wildman–Crippen LogP) is 4.96. The summed E-state index contributed by atoms with van der Waals surface area (Å²) in [6.07, 6.45) is 1.69. The molecule has 0 bridgehead atoms. The lowest BCUT2D eigenvalue weighted by Gasteiger charge is -2.15. The van der Waals surface area contributed by atoms with Crippen LogP contribution in [0.4, 0.5) is 0 Å². The molecule has 140 valence electrons. The second-order valence-electron chi connectivity index (χ2n) is 6.62. The number of nitrogens with zero attached hydrogens (tertiary/aromatic N) is 2. The van der Waals surface area contributed by atoms with E-state index < -0.39 is 6.04 Å². The van der Waals surface area contributed by atoms with Crippen molar-refractivity contribution < 1.29 is 0 Å². The Morgan fingerprint density at radius 1 is 1.00 bits per heavy atom. The first kappa shape index (κ1) is 18.7. The molecule has 0 aliphatic carbocycles. The van der Waals surface area contributed by atoms with Crippen molar-refractivity contribution in [2.24, 2.45) is 12.8 Å². The van der Waals surface area contributed by atoms with Gasteiger partial charge in [-0.2, -0.15) is 0 Å². The zero-order chi connectivity index (χ0) is 19.8. The van der Waals surface area contributed by atoms with Gasteiger partial charge in [-0.15, -0.1) is 0 Å². The summed E-state index contributed by atoms with van der Waals surface area (Å²) in [6.45, 7) is 0. The summed E-state index contributed by atoms with van der Waals surface area (Å²) in [5, 5.41) is 2.15. The van der Waals surface area contributed by atoms with Gasteiger partial charge < -0.3 is 10.3 Å². The molecule has 6 heteroatoms. The molecule has 2 heterocycles. The molecular formula is C22H17Cl2N3O. The smallest absolute Gasteiger partial charge is 0.251 e. The van der Waals surface area contributed by atoms with Crippen molar-refractivity contribution in [3.63, 3.8) is 0 Å². The Balaban J connectivity index is 1.92. The third-order valence-electron chi connectivity index (χ3n) is 4.84. The van der Waals surface area contributed by atoms with Crippen LogP contribution in [0.25, 0.3) is 22.0 Å². The molecule has 0 radical (unpaired) electrons. The number of benzene rings is 2. The number of hydrogen-bond donors (Lipinski definition) is 1. The lowest BCUT2D eigenvalue weighted by Crippen LogP contribution is -2.18. The number of rotatable bonds is 3. The summed E-state index contributed by atoms with van der Waals surface area (Å²) in [4.78, 5) is 17.0. The first-order chi connectivity index (χ1) is 13.4. The van der Waals surface area contributed by atoms with Crippen molar-refractivity contribution in [2.45, 2.75) is 6.04 Å². The minimum atomic E-state index is -0.411. The molecule has 4 rings (SSSR count). The van der Waals surface area contributed by atoms with Crippen molar-refractivity contribution in [1.29, 1.82) is 0 Å². The Morgan fingerprint density at radius 3 is 2.46 bits per heavy atom. The van der Waals surface area contributed by atoms with Crippen LogP contribution in [0.15, 0.2) is 71.7 Å². The Labute approximate surface area is 172 Å². The highest BCUT2D eigenvalue weighted by Crippen LogP contribution is 2.30. The molecule has 4 nitrogen and oxygen atoms in total. The van der Waals surface area contributed by atoms with E-state index in [9.17, 15) is 4.79 Å². The molecule has 0 saturated carbocycles. The van der Waals surface area contributed by atoms with Crippen LogP contribution < -0.4 is 11.3 Å². The van der Waals surface area contributed by atoms with Crippen LogP contribution in [0.5, 0.6) is 0 Å². The van der Waals surface area contributed by atoms with Gasteiger partial charge in [-0.25, -0.2) is 0 Å². The topological polar surface area (TPSA) is 60.9 Å². The highest BCUT2D eigenvalue weighted by atomic mass is 35.5. The fourth-order valence-electron chi connectivity index (χ4n) is 3.27. The Hall–Kier alpha value is -2.66. The number of pyridine rings is 2. The van der Waals surface area contributed by atoms with Gasteiger partial charge in [0, 0.05) is 28.5 Å². The second-order valence-corrected chi connectivity index (χ2v) is 7.49. The fraction of sp³-hybridized carbons (Fsp3) is 0.0909. The van der Waals surface area contributed by atoms with Crippen LogP contribution >= 0.6 is 23.2 Å². The van der Waals surface area contributed by atoms with Crippen molar-refractivity contribution in [3.05, 3.63) is 98.5 Å². The van der Waals surface area contributed by atoms with Crippen LogP contribution in [-0.4, -0.2) is 9.55 Å². The Morgan fingerprint density at radius 2 is 1.75 bits per heavy atom. The van der Waals surface area contributed by atoms with E-state index in [0.717, 1.165) is 27.6 Å². The number of aryl methyl sites for hydroxylation is 1. The zero-order valence-electron chi connectivity index (χ0n) is 15.1. The molecule has 28 heavy (non-hydrogen) atoms. The van der Waals surface area contributed by atoms with Crippen LogP contribution in [0, 0.1) is 0 Å². The van der Waals surface area contributed by atoms with E-state index in [4.69, 9.17) is 28.9 Å². The van der Waals surface area contributed by atoms with Gasteiger partial charge in [0.25, 0.3) is 5.56 Å². The molecular weight excluding hydrogens is 393 g/mol. The molecule has 0 aliphatic rings. The van der Waals surface area contributed by atoms with Crippen LogP contribution in [0.2, 0.25) is 10.0 Å². The van der Waals surface area contributed by atoms with Gasteiger partial charge in [-0.05, 0) is 47.0 Å². The summed E-state index contributed by atoms with van der Waals surface area (Å²) in [5.41, 5.74) is 10.3. The maximum absolute atomic E-state index is 12.4. The average Bonchev–Trinajstić information content (AvgIpc) is 2.70. The molecule has 0 fully saturated rings. The molecule has 0 saturated heterocycles. The van der Waals surface area contributed by atoms with Crippen LogP contribution in [0.3, 0.4) is 0 Å². The van der Waals surface area contributed by atoms with Gasteiger partial charge in [0.15, 0.2) is 0 Å². The molecule has 4 aromatic rings. The van der Waals surface area contributed by atoms with Crippen LogP contribution in [0.1, 0.15) is 17.3 Å². The second kappa shape index (κ2) is 7.40. The third-order valence-corrected chi connectivity index (χ3v) is 5.32. The molecule has 0 amide bonds. The minimum Gasteiger partial charge on any atom is -0.319 e. The monoisotopic (exact) mass is 409 g/mol. The van der Waals surface area contributed by atoms with E-state index >= 15 is 0 Å². The molecule has 1 unspecified atom stereocenters. The highest BCUT2D eigenvalue weighted by molar-refractivity contribution is 6.31. The van der Waals surface area contributed by atoms with Crippen molar-refractivity contribution >= 4 is 34.1 Å². The number of nitrogens with two attached hydrogens (primary N) is 1. The molecule has 2 aromatic heterocycles. The maximum atomic E-state index is 12.4. The number of aromatic nitrogens is 2. The molecule has 0 spiro atoms. The SMILES string of the molecule is Cn1c(=O)cc(-c2cccc(Cl)c2)c2cc(C(N)c3ccc(Cl)cc3)ncc21. The summed E-state index contributed by atoms with van der Waals surface area (Å²) < 4.78 is 1.58. The number of halogens is 2. The van der Waals surface area contributed by atoms with E-state index in [1.807, 2.05) is 36.4 Å². The van der Waals surface area contributed by atoms with Gasteiger partial charge in [0.2, 0.25) is 0 Å². The average molecular weight is 410 g/mol. The van der Waals surface area contributed by atoms with Crippen molar-refractivity contribution in [2.75, 3.05) is 0 Å². The molecule has 1 atom stereocenters.